The summed E-state index contributed by atoms with van der Waals surface area (Å²) in [6.45, 7) is 4.48. The molecule has 1 amide bonds. The topological polar surface area (TPSA) is 52.3 Å². The highest BCUT2D eigenvalue weighted by molar-refractivity contribution is 5.64. The number of amides is 1. The van der Waals surface area contributed by atoms with Crippen molar-refractivity contribution in [2.24, 2.45) is 11.7 Å². The molecule has 3 nitrogen and oxygen atoms in total. The van der Waals surface area contributed by atoms with Crippen molar-refractivity contribution < 1.29 is 9.53 Å². The van der Waals surface area contributed by atoms with Crippen LogP contribution >= 0.6 is 0 Å². The van der Waals surface area contributed by atoms with Gasteiger partial charge in [0.05, 0.1) is 6.61 Å². The van der Waals surface area contributed by atoms with Gasteiger partial charge >= 0.3 is 6.09 Å². The second-order valence-electron chi connectivity index (χ2n) is 2.14. The first-order valence-corrected chi connectivity index (χ1v) is 3.09. The molecule has 54 valence electrons. The van der Waals surface area contributed by atoms with Crippen LogP contribution in [0.2, 0.25) is 0 Å². The summed E-state index contributed by atoms with van der Waals surface area (Å²) in [4.78, 5) is 10.0. The molecule has 0 aromatic carbocycles. The second kappa shape index (κ2) is 4.18. The molecule has 2 N–H and O–H groups in total. The van der Waals surface area contributed by atoms with E-state index in [1.54, 1.807) is 0 Å². The lowest BCUT2D eigenvalue weighted by atomic mass is 10.1. The fourth-order valence-corrected chi connectivity index (χ4v) is 0.342. The number of rotatable bonds is 3. The molecule has 9 heavy (non-hydrogen) atoms. The molecule has 0 aromatic heterocycles. The Morgan fingerprint density at radius 3 is 2.67 bits per heavy atom. The van der Waals surface area contributed by atoms with Crippen molar-refractivity contribution in [1.29, 1.82) is 0 Å². The third-order valence-electron chi connectivity index (χ3n) is 1.21. The first-order chi connectivity index (χ1) is 4.16. The molecule has 0 bridgehead atoms. The fourth-order valence-electron chi connectivity index (χ4n) is 0.342. The second-order valence-corrected chi connectivity index (χ2v) is 2.14. The minimum absolute atomic E-state index is 0.414. The van der Waals surface area contributed by atoms with Crippen LogP contribution in [0.15, 0.2) is 0 Å². The van der Waals surface area contributed by atoms with Crippen LogP contribution in [0.3, 0.4) is 0 Å². The van der Waals surface area contributed by atoms with Crippen LogP contribution in [-0.2, 0) is 4.74 Å². The lowest BCUT2D eigenvalue weighted by Crippen LogP contribution is -2.16. The first kappa shape index (κ1) is 8.27. The Balaban J connectivity index is 3.16. The molecule has 0 saturated heterocycles. The van der Waals surface area contributed by atoms with Gasteiger partial charge in [-0.1, -0.05) is 20.3 Å². The first-order valence-electron chi connectivity index (χ1n) is 3.09. The molecular weight excluding hydrogens is 118 g/mol. The summed E-state index contributed by atoms with van der Waals surface area (Å²) in [7, 11) is 0. The van der Waals surface area contributed by atoms with E-state index in [-0.39, 0.29) is 0 Å². The van der Waals surface area contributed by atoms with Crippen LogP contribution in [0.4, 0.5) is 4.79 Å². The van der Waals surface area contributed by atoms with Gasteiger partial charge in [0, 0.05) is 0 Å². The van der Waals surface area contributed by atoms with Crippen molar-refractivity contribution in [2.75, 3.05) is 6.61 Å². The number of hydrogen-bond donors (Lipinski definition) is 1. The third kappa shape index (κ3) is 5.14. The van der Waals surface area contributed by atoms with Gasteiger partial charge in [-0.3, -0.25) is 0 Å². The van der Waals surface area contributed by atoms with Crippen molar-refractivity contribution in [3.05, 3.63) is 0 Å². The van der Waals surface area contributed by atoms with Crippen LogP contribution in [0.25, 0.3) is 0 Å². The van der Waals surface area contributed by atoms with E-state index < -0.39 is 6.09 Å². The molecule has 0 unspecified atom stereocenters. The predicted octanol–water partition coefficient (Wildman–Crippen LogP) is 1.13. The van der Waals surface area contributed by atoms with Gasteiger partial charge in [-0.15, -0.1) is 0 Å². The van der Waals surface area contributed by atoms with Gasteiger partial charge in [0.1, 0.15) is 0 Å². The number of carbonyl (C=O) groups is 1. The van der Waals surface area contributed by atoms with Gasteiger partial charge in [-0.25, -0.2) is 4.79 Å². The van der Waals surface area contributed by atoms with Gasteiger partial charge < -0.3 is 10.5 Å². The normalized spacial score (nSPS) is 12.7. The Bertz CT molecular complexity index is 93.1. The summed E-state index contributed by atoms with van der Waals surface area (Å²) in [6.07, 6.45) is 0.322. The molecule has 0 aliphatic rings. The monoisotopic (exact) mass is 131 g/mol. The Hall–Kier alpha value is -0.730. The maximum Gasteiger partial charge on any atom is 0.404 e. The average Bonchev–Trinajstić information content (AvgIpc) is 1.83. The van der Waals surface area contributed by atoms with Crippen LogP contribution in [0, 0.1) is 5.92 Å². The van der Waals surface area contributed by atoms with E-state index in [0.29, 0.717) is 12.5 Å². The molecule has 0 heterocycles. The third-order valence-corrected chi connectivity index (χ3v) is 1.21. The molecule has 0 radical (unpaired) electrons. The predicted molar refractivity (Wildman–Crippen MR) is 35.0 cm³/mol. The summed E-state index contributed by atoms with van der Waals surface area (Å²) in [5.41, 5.74) is 4.73. The summed E-state index contributed by atoms with van der Waals surface area (Å²) < 4.78 is 4.53. The highest BCUT2D eigenvalue weighted by atomic mass is 16.5. The van der Waals surface area contributed by atoms with E-state index in [1.165, 1.54) is 0 Å². The Morgan fingerprint density at radius 2 is 2.33 bits per heavy atom. The number of primary amides is 1. The maximum atomic E-state index is 10.0. The van der Waals surface area contributed by atoms with E-state index in [4.69, 9.17) is 5.73 Å². The Kier molecular flexibility index (Phi) is 3.84. The van der Waals surface area contributed by atoms with E-state index in [1.807, 2.05) is 13.8 Å². The SMILES string of the molecule is CC[C@@H](C)COC(N)=O. The maximum absolute atomic E-state index is 10.0. The standard InChI is InChI=1S/C6H13NO2/c1-3-5(2)4-9-6(7)8/h5H,3-4H2,1-2H3,(H2,7,8)/t5-/m1/s1. The number of nitrogens with two attached hydrogens (primary N) is 1. The number of carbonyl (C=O) groups excluding carboxylic acids is 1. The van der Waals surface area contributed by atoms with Gasteiger partial charge in [0.2, 0.25) is 0 Å². The quantitative estimate of drug-likeness (QED) is 0.624. The molecular formula is C6H13NO2. The zero-order valence-corrected chi connectivity index (χ0v) is 5.89. The summed E-state index contributed by atoms with van der Waals surface area (Å²) in [5.74, 6) is 0.414. The number of ether oxygens (including phenoxy) is 1. The molecule has 0 rings (SSSR count). The van der Waals surface area contributed by atoms with Gasteiger partial charge in [-0.2, -0.15) is 0 Å². The summed E-state index contributed by atoms with van der Waals surface area (Å²) >= 11 is 0. The summed E-state index contributed by atoms with van der Waals surface area (Å²) in [5, 5.41) is 0. The zero-order valence-electron chi connectivity index (χ0n) is 5.89. The Labute approximate surface area is 55.2 Å². The lowest BCUT2D eigenvalue weighted by Gasteiger charge is -2.06. The Morgan fingerprint density at radius 1 is 1.78 bits per heavy atom. The molecule has 0 aromatic rings. The minimum Gasteiger partial charge on any atom is -0.449 e. The van der Waals surface area contributed by atoms with Crippen molar-refractivity contribution >= 4 is 6.09 Å². The van der Waals surface area contributed by atoms with E-state index in [9.17, 15) is 4.79 Å². The van der Waals surface area contributed by atoms with Gasteiger partial charge in [0.15, 0.2) is 0 Å². The minimum atomic E-state index is -0.685. The van der Waals surface area contributed by atoms with Crippen molar-refractivity contribution in [2.45, 2.75) is 20.3 Å². The average molecular weight is 131 g/mol. The molecule has 0 fully saturated rings. The molecule has 3 heteroatoms. The molecule has 0 aliphatic heterocycles. The van der Waals surface area contributed by atoms with Crippen molar-refractivity contribution in [1.82, 2.24) is 0 Å². The lowest BCUT2D eigenvalue weighted by molar-refractivity contribution is 0.139. The van der Waals surface area contributed by atoms with Crippen LogP contribution in [-0.4, -0.2) is 12.7 Å². The van der Waals surface area contributed by atoms with E-state index >= 15 is 0 Å². The highest BCUT2D eigenvalue weighted by Crippen LogP contribution is 1.99. The molecule has 1 atom stereocenters. The van der Waals surface area contributed by atoms with Gasteiger partial charge in [-0.05, 0) is 5.92 Å². The van der Waals surface area contributed by atoms with Gasteiger partial charge in [0.25, 0.3) is 0 Å². The molecule has 0 spiro atoms. The van der Waals surface area contributed by atoms with E-state index in [0.717, 1.165) is 6.42 Å². The van der Waals surface area contributed by atoms with Crippen LogP contribution in [0.5, 0.6) is 0 Å². The fraction of sp³-hybridized carbons (Fsp3) is 0.833. The number of hydrogen-bond acceptors (Lipinski definition) is 2. The van der Waals surface area contributed by atoms with Crippen molar-refractivity contribution in [3.8, 4) is 0 Å². The molecule has 0 aliphatic carbocycles. The van der Waals surface area contributed by atoms with Crippen molar-refractivity contribution in [3.63, 3.8) is 0 Å². The van der Waals surface area contributed by atoms with Crippen LogP contribution < -0.4 is 5.73 Å². The van der Waals surface area contributed by atoms with E-state index in [2.05, 4.69) is 4.74 Å². The smallest absolute Gasteiger partial charge is 0.404 e. The molecule has 0 saturated carbocycles. The zero-order chi connectivity index (χ0) is 7.28. The largest absolute Gasteiger partial charge is 0.449 e. The highest BCUT2D eigenvalue weighted by Gasteiger charge is 1.99. The summed E-state index contributed by atoms with van der Waals surface area (Å²) in [6, 6.07) is 0. The van der Waals surface area contributed by atoms with Crippen LogP contribution in [0.1, 0.15) is 20.3 Å².